The van der Waals surface area contributed by atoms with Crippen molar-refractivity contribution in [1.82, 2.24) is 9.88 Å². The predicted octanol–water partition coefficient (Wildman–Crippen LogP) is 3.47. The van der Waals surface area contributed by atoms with Gasteiger partial charge in [0.2, 0.25) is 0 Å². The van der Waals surface area contributed by atoms with E-state index >= 15 is 0 Å². The molecule has 86 valence electrons. The molecule has 0 saturated carbocycles. The summed E-state index contributed by atoms with van der Waals surface area (Å²) in [5.41, 5.74) is 1.34. The van der Waals surface area contributed by atoms with Gasteiger partial charge >= 0.3 is 0 Å². The second-order valence-corrected chi connectivity index (χ2v) is 5.44. The largest absolute Gasteiger partial charge is 0.293 e. The Morgan fingerprint density at radius 3 is 2.44 bits per heavy atom. The maximum absolute atomic E-state index is 6.25. The van der Waals surface area contributed by atoms with Gasteiger partial charge in [-0.3, -0.25) is 4.90 Å². The van der Waals surface area contributed by atoms with E-state index in [-0.39, 0.29) is 5.54 Å². The third-order valence-corrected chi connectivity index (χ3v) is 4.46. The Kier molecular flexibility index (Phi) is 2.61. The van der Waals surface area contributed by atoms with Crippen LogP contribution in [0.1, 0.15) is 31.2 Å². The molecule has 3 rings (SSSR count). The van der Waals surface area contributed by atoms with Gasteiger partial charge in [0.05, 0.1) is 0 Å². The van der Waals surface area contributed by atoms with Crippen LogP contribution in [0.2, 0.25) is 10.3 Å². The zero-order chi connectivity index (χ0) is 11.2. The highest BCUT2D eigenvalue weighted by atomic mass is 35.5. The van der Waals surface area contributed by atoms with Crippen LogP contribution in [0, 0.1) is 0 Å². The molecule has 0 spiro atoms. The topological polar surface area (TPSA) is 16.1 Å². The molecule has 0 bridgehead atoms. The first-order valence-electron chi connectivity index (χ1n) is 5.80. The third-order valence-electron chi connectivity index (χ3n) is 3.96. The molecule has 0 N–H and O–H groups in total. The van der Waals surface area contributed by atoms with Gasteiger partial charge < -0.3 is 0 Å². The fraction of sp³-hybridized carbons (Fsp3) is 0.583. The van der Waals surface area contributed by atoms with E-state index in [0.29, 0.717) is 10.3 Å². The van der Waals surface area contributed by atoms with Crippen LogP contribution in [-0.4, -0.2) is 23.0 Å². The summed E-state index contributed by atoms with van der Waals surface area (Å²) in [6, 6.07) is 3.91. The number of pyridine rings is 1. The van der Waals surface area contributed by atoms with Gasteiger partial charge in [-0.25, -0.2) is 4.98 Å². The van der Waals surface area contributed by atoms with Crippen LogP contribution in [0.5, 0.6) is 0 Å². The Morgan fingerprint density at radius 1 is 1.12 bits per heavy atom. The summed E-state index contributed by atoms with van der Waals surface area (Å²) in [4.78, 5) is 6.74. The number of fused-ring (bicyclic) bond motifs is 1. The van der Waals surface area contributed by atoms with E-state index in [4.69, 9.17) is 23.2 Å². The lowest BCUT2D eigenvalue weighted by molar-refractivity contribution is 0.197. The maximum Gasteiger partial charge on any atom is 0.135 e. The average Bonchev–Trinajstić information content (AvgIpc) is 2.75. The zero-order valence-electron chi connectivity index (χ0n) is 9.05. The van der Waals surface area contributed by atoms with Crippen molar-refractivity contribution in [3.05, 3.63) is 28.0 Å². The van der Waals surface area contributed by atoms with Crippen LogP contribution < -0.4 is 0 Å². The highest BCUT2D eigenvalue weighted by Crippen LogP contribution is 2.48. The van der Waals surface area contributed by atoms with E-state index in [1.165, 1.54) is 44.3 Å². The molecule has 2 aliphatic heterocycles. The fourth-order valence-corrected chi connectivity index (χ4v) is 3.83. The van der Waals surface area contributed by atoms with Gasteiger partial charge in [-0.15, -0.1) is 0 Å². The van der Waals surface area contributed by atoms with Crippen molar-refractivity contribution in [2.24, 2.45) is 0 Å². The van der Waals surface area contributed by atoms with Gasteiger partial charge in [-0.1, -0.05) is 29.3 Å². The Bertz CT molecular complexity index is 409. The number of hydrogen-bond acceptors (Lipinski definition) is 2. The monoisotopic (exact) mass is 256 g/mol. The van der Waals surface area contributed by atoms with E-state index < -0.39 is 0 Å². The first kappa shape index (κ1) is 10.8. The fourth-order valence-electron chi connectivity index (χ4n) is 3.30. The van der Waals surface area contributed by atoms with Crippen molar-refractivity contribution in [2.45, 2.75) is 31.2 Å². The van der Waals surface area contributed by atoms with Crippen molar-refractivity contribution >= 4 is 23.2 Å². The zero-order valence-corrected chi connectivity index (χ0v) is 10.6. The quantitative estimate of drug-likeness (QED) is 0.716. The molecule has 0 amide bonds. The number of aromatic nitrogens is 1. The molecule has 2 saturated heterocycles. The number of rotatable bonds is 1. The molecule has 1 aromatic heterocycles. The lowest BCUT2D eigenvalue weighted by Gasteiger charge is -2.33. The van der Waals surface area contributed by atoms with Crippen LogP contribution in [-0.2, 0) is 5.54 Å². The minimum atomic E-state index is 0.161. The molecule has 1 aromatic rings. The SMILES string of the molecule is Clc1ccc(C23CCCN2CCC3)c(Cl)n1. The molecule has 0 radical (unpaired) electrons. The van der Waals surface area contributed by atoms with Gasteiger partial charge in [0.15, 0.2) is 0 Å². The third kappa shape index (κ3) is 1.47. The van der Waals surface area contributed by atoms with Crippen molar-refractivity contribution < 1.29 is 0 Å². The van der Waals surface area contributed by atoms with E-state index in [0.717, 1.165) is 0 Å². The Labute approximate surface area is 106 Å². The smallest absolute Gasteiger partial charge is 0.135 e. The van der Waals surface area contributed by atoms with Crippen LogP contribution in [0.25, 0.3) is 0 Å². The Balaban J connectivity index is 2.08. The first-order chi connectivity index (χ1) is 7.72. The normalized spacial score (nSPS) is 23.6. The summed E-state index contributed by atoms with van der Waals surface area (Å²) in [5, 5.41) is 1.06. The van der Waals surface area contributed by atoms with Crippen molar-refractivity contribution in [1.29, 1.82) is 0 Å². The summed E-state index contributed by atoms with van der Waals surface area (Å²) in [5.74, 6) is 0. The summed E-state index contributed by atoms with van der Waals surface area (Å²) < 4.78 is 0. The number of halogens is 2. The predicted molar refractivity (Wildman–Crippen MR) is 66.0 cm³/mol. The van der Waals surface area contributed by atoms with Gasteiger partial charge in [0.25, 0.3) is 0 Å². The molecular formula is C12H14Cl2N2. The summed E-state index contributed by atoms with van der Waals surface area (Å²) in [6.07, 6.45) is 4.93. The molecule has 0 unspecified atom stereocenters. The van der Waals surface area contributed by atoms with Crippen molar-refractivity contribution in [3.8, 4) is 0 Å². The molecular weight excluding hydrogens is 243 g/mol. The van der Waals surface area contributed by atoms with E-state index in [1.807, 2.05) is 6.07 Å². The number of hydrogen-bond donors (Lipinski definition) is 0. The van der Waals surface area contributed by atoms with Crippen LogP contribution in [0.15, 0.2) is 12.1 Å². The molecule has 3 heterocycles. The Hall–Kier alpha value is -0.310. The van der Waals surface area contributed by atoms with E-state index in [2.05, 4.69) is 16.0 Å². The molecule has 2 aliphatic rings. The van der Waals surface area contributed by atoms with Crippen LogP contribution >= 0.6 is 23.2 Å². The standard InChI is InChI=1S/C12H14Cl2N2/c13-10-4-3-9(11(14)15-10)12-5-1-7-16(12)8-2-6-12/h3-4H,1-2,5-8H2. The van der Waals surface area contributed by atoms with E-state index in [9.17, 15) is 0 Å². The number of nitrogens with zero attached hydrogens (tertiary/aromatic N) is 2. The van der Waals surface area contributed by atoms with Crippen molar-refractivity contribution in [3.63, 3.8) is 0 Å². The van der Waals surface area contributed by atoms with Gasteiger partial charge in [0, 0.05) is 11.1 Å². The lowest BCUT2D eigenvalue weighted by Crippen LogP contribution is -2.35. The molecule has 0 aromatic carbocycles. The molecule has 2 fully saturated rings. The second-order valence-electron chi connectivity index (χ2n) is 4.70. The highest BCUT2D eigenvalue weighted by molar-refractivity contribution is 6.32. The summed E-state index contributed by atoms with van der Waals surface area (Å²) in [7, 11) is 0. The Morgan fingerprint density at radius 2 is 1.81 bits per heavy atom. The minimum Gasteiger partial charge on any atom is -0.293 e. The van der Waals surface area contributed by atoms with Gasteiger partial charge in [-0.2, -0.15) is 0 Å². The van der Waals surface area contributed by atoms with E-state index in [1.54, 1.807) is 0 Å². The maximum atomic E-state index is 6.25. The average molecular weight is 257 g/mol. The molecule has 0 aliphatic carbocycles. The lowest BCUT2D eigenvalue weighted by atomic mass is 9.87. The highest BCUT2D eigenvalue weighted by Gasteiger charge is 2.46. The van der Waals surface area contributed by atoms with Crippen molar-refractivity contribution in [2.75, 3.05) is 13.1 Å². The van der Waals surface area contributed by atoms with Crippen LogP contribution in [0.3, 0.4) is 0 Å². The van der Waals surface area contributed by atoms with Gasteiger partial charge in [0.1, 0.15) is 10.3 Å². The second kappa shape index (κ2) is 3.86. The first-order valence-corrected chi connectivity index (χ1v) is 6.55. The van der Waals surface area contributed by atoms with Crippen LogP contribution in [0.4, 0.5) is 0 Å². The summed E-state index contributed by atoms with van der Waals surface area (Å²) in [6.45, 7) is 2.39. The van der Waals surface area contributed by atoms with Gasteiger partial charge in [-0.05, 0) is 44.8 Å². The molecule has 16 heavy (non-hydrogen) atoms. The molecule has 0 atom stereocenters. The minimum absolute atomic E-state index is 0.161. The summed E-state index contributed by atoms with van der Waals surface area (Å²) >= 11 is 12.1. The molecule has 4 heteroatoms. The molecule has 2 nitrogen and oxygen atoms in total.